The van der Waals surface area contributed by atoms with E-state index in [0.717, 1.165) is 34.0 Å². The van der Waals surface area contributed by atoms with Gasteiger partial charge in [0.25, 0.3) is 0 Å². The molecule has 0 aliphatic rings. The zero-order valence-electron chi connectivity index (χ0n) is 18.0. The van der Waals surface area contributed by atoms with Gasteiger partial charge in [-0.15, -0.1) is 0 Å². The number of aromatic nitrogens is 1. The van der Waals surface area contributed by atoms with E-state index in [1.165, 1.54) is 0 Å². The molecule has 0 saturated carbocycles. The molecule has 1 heterocycles. The molecular formula is C24H30IN4O-. The Labute approximate surface area is 188 Å². The fourth-order valence-electron chi connectivity index (χ4n) is 3.57. The molecule has 1 atom stereocenters. The summed E-state index contributed by atoms with van der Waals surface area (Å²) in [4.78, 5) is 17.6. The zero-order chi connectivity index (χ0) is 21.9. The predicted molar refractivity (Wildman–Crippen MR) is 121 cm³/mol. The van der Waals surface area contributed by atoms with Gasteiger partial charge in [-0.05, 0) is 0 Å². The minimum absolute atomic E-state index is 0.0613. The third-order valence-corrected chi connectivity index (χ3v) is 8.13. The van der Waals surface area contributed by atoms with Crippen molar-refractivity contribution in [1.82, 2.24) is 4.98 Å². The standard InChI is InChI=1S/C24H30IN4O/c1-23(2,3)13-17-6-5-7-20(21(17)27)24(4,25-15-26)22(30)29-19-9-8-18-14-28-11-10-16(18)12-19/h5-12,14H,13,15,26-27H2,1-4H3,(H,29,30)/q-1. The number of para-hydroxylation sites is 1. The van der Waals surface area contributed by atoms with Gasteiger partial charge in [-0.1, -0.05) is 0 Å². The molecular weight excluding hydrogens is 487 g/mol. The van der Waals surface area contributed by atoms with Crippen LogP contribution in [0.4, 0.5) is 11.4 Å². The van der Waals surface area contributed by atoms with Gasteiger partial charge in [0.15, 0.2) is 0 Å². The number of benzene rings is 2. The zero-order valence-corrected chi connectivity index (χ0v) is 20.2. The molecule has 160 valence electrons. The van der Waals surface area contributed by atoms with Gasteiger partial charge >= 0.3 is 189 Å². The fraction of sp³-hybridized carbons (Fsp3) is 0.333. The molecule has 6 heteroatoms. The summed E-state index contributed by atoms with van der Waals surface area (Å²) >= 11 is -0.662. The summed E-state index contributed by atoms with van der Waals surface area (Å²) in [7, 11) is 0. The van der Waals surface area contributed by atoms with Crippen molar-refractivity contribution < 1.29 is 26.0 Å². The molecule has 0 aliphatic heterocycles. The number of anilines is 2. The van der Waals surface area contributed by atoms with Gasteiger partial charge in [0.1, 0.15) is 0 Å². The Balaban J connectivity index is 1.96. The van der Waals surface area contributed by atoms with E-state index in [2.05, 4.69) is 37.1 Å². The van der Waals surface area contributed by atoms with Crippen molar-refractivity contribution in [3.8, 4) is 0 Å². The Bertz CT molecular complexity index is 1060. The Morgan fingerprint density at radius 3 is 2.57 bits per heavy atom. The number of hydrogen-bond donors (Lipinski definition) is 3. The SMILES string of the molecule is CC(C)(C)Cc1cccc(C(C)([I-]CN)C(=O)Nc2ccc3cnccc3c2)c1N. The van der Waals surface area contributed by atoms with Crippen LogP contribution in [0, 0.1) is 5.41 Å². The first-order valence-corrected chi connectivity index (χ1v) is 12.6. The molecule has 0 spiro atoms. The van der Waals surface area contributed by atoms with Crippen molar-refractivity contribution in [1.29, 1.82) is 0 Å². The molecule has 30 heavy (non-hydrogen) atoms. The first-order chi connectivity index (χ1) is 14.1. The minimum atomic E-state index is -0.723. The van der Waals surface area contributed by atoms with Crippen LogP contribution < -0.4 is 38.0 Å². The monoisotopic (exact) mass is 517 g/mol. The van der Waals surface area contributed by atoms with Crippen LogP contribution >= 0.6 is 0 Å². The molecule has 1 aromatic heterocycles. The number of nitrogens with zero attached hydrogens (tertiary/aromatic N) is 1. The molecule has 3 aromatic rings. The Hall–Kier alpha value is -2.19. The van der Waals surface area contributed by atoms with Crippen LogP contribution in [-0.4, -0.2) is 15.4 Å². The van der Waals surface area contributed by atoms with Crippen LogP contribution in [0.15, 0.2) is 54.9 Å². The summed E-state index contributed by atoms with van der Waals surface area (Å²) in [5, 5.41) is 5.18. The van der Waals surface area contributed by atoms with Crippen LogP contribution in [0.1, 0.15) is 38.8 Å². The summed E-state index contributed by atoms with van der Waals surface area (Å²) in [6, 6.07) is 13.8. The number of nitrogens with two attached hydrogens (primary N) is 2. The third-order valence-electron chi connectivity index (χ3n) is 5.09. The average Bonchev–Trinajstić information content (AvgIpc) is 2.68. The molecule has 5 nitrogen and oxygen atoms in total. The normalized spacial score (nSPS) is 13.9. The van der Waals surface area contributed by atoms with Crippen molar-refractivity contribution in [2.75, 3.05) is 15.6 Å². The second kappa shape index (κ2) is 8.89. The number of fused-ring (bicyclic) bond motifs is 1. The number of amides is 1. The number of rotatable bonds is 6. The number of carbonyl (C=O) groups excluding carboxylic acids is 1. The summed E-state index contributed by atoms with van der Waals surface area (Å²) in [5.41, 5.74) is 16.1. The van der Waals surface area contributed by atoms with Gasteiger partial charge in [0.2, 0.25) is 0 Å². The molecule has 0 saturated heterocycles. The molecule has 3 rings (SSSR count). The Morgan fingerprint density at radius 1 is 1.10 bits per heavy atom. The molecule has 1 unspecified atom stereocenters. The van der Waals surface area contributed by atoms with E-state index in [4.69, 9.17) is 11.5 Å². The first kappa shape index (κ1) is 22.5. The van der Waals surface area contributed by atoms with Gasteiger partial charge in [0.05, 0.1) is 0 Å². The van der Waals surface area contributed by atoms with Gasteiger partial charge in [0, 0.05) is 0 Å². The first-order valence-electron chi connectivity index (χ1n) is 9.97. The van der Waals surface area contributed by atoms with Gasteiger partial charge < -0.3 is 0 Å². The van der Waals surface area contributed by atoms with Crippen molar-refractivity contribution in [3.63, 3.8) is 0 Å². The van der Waals surface area contributed by atoms with Gasteiger partial charge in [-0.25, -0.2) is 0 Å². The van der Waals surface area contributed by atoms with Crippen LogP contribution in [0.25, 0.3) is 10.8 Å². The summed E-state index contributed by atoms with van der Waals surface area (Å²) in [6.45, 7) is 8.53. The van der Waals surface area contributed by atoms with Gasteiger partial charge in [-0.2, -0.15) is 0 Å². The van der Waals surface area contributed by atoms with E-state index >= 15 is 0 Å². The molecule has 5 N–H and O–H groups in total. The third kappa shape index (κ3) is 4.92. The number of carbonyl (C=O) groups is 1. The topological polar surface area (TPSA) is 94.0 Å². The molecule has 2 aromatic carbocycles. The van der Waals surface area contributed by atoms with E-state index in [1.54, 1.807) is 6.20 Å². The number of halogens is 1. The summed E-state index contributed by atoms with van der Waals surface area (Å²) in [5.74, 6) is -0.0613. The van der Waals surface area contributed by atoms with Crippen LogP contribution in [0.3, 0.4) is 0 Å². The maximum atomic E-state index is 13.5. The summed E-state index contributed by atoms with van der Waals surface area (Å²) in [6.07, 6.45) is 4.41. The molecule has 0 fully saturated rings. The molecule has 0 aliphatic carbocycles. The van der Waals surface area contributed by atoms with Crippen molar-refractivity contribution in [2.45, 2.75) is 37.5 Å². The van der Waals surface area contributed by atoms with E-state index in [1.807, 2.05) is 49.5 Å². The van der Waals surface area contributed by atoms with Crippen LogP contribution in [0.5, 0.6) is 0 Å². The van der Waals surface area contributed by atoms with E-state index < -0.39 is 24.6 Å². The van der Waals surface area contributed by atoms with E-state index in [-0.39, 0.29) is 11.3 Å². The predicted octanol–water partition coefficient (Wildman–Crippen LogP) is 1.26. The molecule has 0 radical (unpaired) electrons. The van der Waals surface area contributed by atoms with Crippen molar-refractivity contribution in [3.05, 3.63) is 66.0 Å². The van der Waals surface area contributed by atoms with E-state index in [9.17, 15) is 4.79 Å². The van der Waals surface area contributed by atoms with Crippen LogP contribution in [0.2, 0.25) is 0 Å². The Kier molecular flexibility index (Phi) is 6.67. The van der Waals surface area contributed by atoms with Crippen molar-refractivity contribution >= 4 is 28.1 Å². The molecule has 0 bridgehead atoms. The average molecular weight is 517 g/mol. The number of hydrogen-bond acceptors (Lipinski definition) is 4. The quantitative estimate of drug-likeness (QED) is 0.199. The Morgan fingerprint density at radius 2 is 1.87 bits per heavy atom. The number of pyridine rings is 1. The maximum absolute atomic E-state index is 13.5. The number of alkyl halides is 2. The van der Waals surface area contributed by atoms with Gasteiger partial charge in [-0.3, -0.25) is 0 Å². The number of nitrogen functional groups attached to an aromatic ring is 1. The second-order valence-corrected chi connectivity index (χ2v) is 12.6. The summed E-state index contributed by atoms with van der Waals surface area (Å²) < 4.78 is -0.228. The fourth-order valence-corrected chi connectivity index (χ4v) is 5.81. The van der Waals surface area contributed by atoms with Crippen molar-refractivity contribution in [2.24, 2.45) is 11.1 Å². The molecule has 1 amide bonds. The van der Waals surface area contributed by atoms with Crippen LogP contribution in [-0.2, 0) is 14.6 Å². The number of nitrogens with one attached hydrogen (secondary N) is 1. The second-order valence-electron chi connectivity index (χ2n) is 8.80. The van der Waals surface area contributed by atoms with E-state index in [0.29, 0.717) is 10.2 Å².